The van der Waals surface area contributed by atoms with Crippen molar-refractivity contribution < 1.29 is 9.53 Å². The molecule has 1 aromatic carbocycles. The largest absolute Gasteiger partial charge is 0.489 e. The summed E-state index contributed by atoms with van der Waals surface area (Å²) in [6, 6.07) is 3.98. The molecule has 0 N–H and O–H groups in total. The van der Waals surface area contributed by atoms with E-state index in [1.165, 1.54) is 0 Å². The molecule has 0 radical (unpaired) electrons. The summed E-state index contributed by atoms with van der Waals surface area (Å²) in [5.41, 5.74) is 1.77. The van der Waals surface area contributed by atoms with Gasteiger partial charge in [0.05, 0.1) is 10.6 Å². The number of carbonyl (C=O) groups excluding carboxylic acids is 1. The molecule has 0 saturated heterocycles. The third-order valence-corrected chi connectivity index (χ3v) is 4.21. The number of rotatable bonds is 2. The average molecular weight is 264 g/mol. The van der Waals surface area contributed by atoms with Crippen LogP contribution in [0.5, 0.6) is 5.75 Å². The van der Waals surface area contributed by atoms with Gasteiger partial charge in [0, 0.05) is 6.42 Å². The van der Waals surface area contributed by atoms with Crippen LogP contribution in [0.2, 0.25) is 5.02 Å². The smallest absolute Gasteiger partial charge is 0.235 e. The molecule has 3 nitrogen and oxygen atoms in total. The lowest BCUT2D eigenvalue weighted by Gasteiger charge is -2.37. The average Bonchev–Trinajstić information content (AvgIpc) is 2.64. The first kappa shape index (κ1) is 11.8. The maximum atomic E-state index is 10.6. The van der Waals surface area contributed by atoms with E-state index in [4.69, 9.17) is 16.3 Å². The van der Waals surface area contributed by atoms with E-state index in [1.54, 1.807) is 6.08 Å². The second-order valence-electron chi connectivity index (χ2n) is 5.17. The van der Waals surface area contributed by atoms with Gasteiger partial charge in [-0.05, 0) is 49.4 Å². The molecule has 1 aromatic rings. The zero-order valence-corrected chi connectivity index (χ0v) is 11.0. The van der Waals surface area contributed by atoms with Gasteiger partial charge in [-0.1, -0.05) is 11.6 Å². The van der Waals surface area contributed by atoms with Crippen LogP contribution in [0, 0.1) is 0 Å². The van der Waals surface area contributed by atoms with E-state index in [0.29, 0.717) is 5.02 Å². The summed E-state index contributed by atoms with van der Waals surface area (Å²) in [7, 11) is 0. The van der Waals surface area contributed by atoms with Gasteiger partial charge in [0.2, 0.25) is 6.08 Å². The molecule has 1 saturated carbocycles. The third-order valence-electron chi connectivity index (χ3n) is 3.92. The van der Waals surface area contributed by atoms with Crippen molar-refractivity contribution in [1.82, 2.24) is 0 Å². The molecule has 94 valence electrons. The van der Waals surface area contributed by atoms with Crippen molar-refractivity contribution in [3.05, 3.63) is 28.3 Å². The molecule has 0 aromatic heterocycles. The van der Waals surface area contributed by atoms with Crippen LogP contribution in [-0.2, 0) is 16.8 Å². The van der Waals surface area contributed by atoms with Crippen LogP contribution in [-0.4, -0.2) is 12.2 Å². The van der Waals surface area contributed by atoms with E-state index in [9.17, 15) is 4.79 Å². The Morgan fingerprint density at radius 3 is 2.89 bits per heavy atom. The van der Waals surface area contributed by atoms with Crippen molar-refractivity contribution >= 4 is 17.7 Å². The van der Waals surface area contributed by atoms with Gasteiger partial charge in [0.25, 0.3) is 0 Å². The van der Waals surface area contributed by atoms with Gasteiger partial charge in [-0.2, -0.15) is 4.99 Å². The van der Waals surface area contributed by atoms with Crippen LogP contribution >= 0.6 is 11.6 Å². The standard InChI is InChI=1S/C14H14ClNO2/c1-9-5-10-6-11(7-12(15)13(10)18-9)14(16-8-17)3-2-4-14/h6-7,9H,2-5H2,1H3. The molecule has 1 aliphatic heterocycles. The third kappa shape index (κ3) is 1.66. The normalized spacial score (nSPS) is 23.6. The Morgan fingerprint density at radius 1 is 1.50 bits per heavy atom. The fourth-order valence-corrected chi connectivity index (χ4v) is 3.10. The molecule has 1 atom stereocenters. The van der Waals surface area contributed by atoms with Gasteiger partial charge >= 0.3 is 0 Å². The Bertz CT molecular complexity index is 545. The Kier molecular flexibility index (Phi) is 2.69. The van der Waals surface area contributed by atoms with Crippen molar-refractivity contribution in [2.45, 2.75) is 44.2 Å². The van der Waals surface area contributed by atoms with Gasteiger partial charge in [-0.3, -0.25) is 0 Å². The highest BCUT2D eigenvalue weighted by Gasteiger charge is 2.40. The zero-order valence-electron chi connectivity index (χ0n) is 10.2. The van der Waals surface area contributed by atoms with Crippen LogP contribution in [0.1, 0.15) is 37.3 Å². The number of isocyanates is 1. The maximum absolute atomic E-state index is 10.6. The lowest BCUT2D eigenvalue weighted by atomic mass is 9.72. The number of halogens is 1. The molecule has 18 heavy (non-hydrogen) atoms. The SMILES string of the molecule is CC1Cc2cc(C3(N=C=O)CCC3)cc(Cl)c2O1. The summed E-state index contributed by atoms with van der Waals surface area (Å²) in [6.45, 7) is 2.03. The summed E-state index contributed by atoms with van der Waals surface area (Å²) in [6.07, 6.45) is 5.62. The Hall–Kier alpha value is -1.31. The van der Waals surface area contributed by atoms with Crippen molar-refractivity contribution in [2.75, 3.05) is 0 Å². The molecule has 3 rings (SSSR count). The van der Waals surface area contributed by atoms with E-state index in [1.807, 2.05) is 13.0 Å². The number of benzene rings is 1. The van der Waals surface area contributed by atoms with Gasteiger partial charge in [0.15, 0.2) is 0 Å². The molecule has 1 heterocycles. The lowest BCUT2D eigenvalue weighted by molar-refractivity contribution is 0.253. The zero-order chi connectivity index (χ0) is 12.8. The van der Waals surface area contributed by atoms with Gasteiger partial charge in [-0.15, -0.1) is 0 Å². The summed E-state index contributed by atoms with van der Waals surface area (Å²) in [5, 5.41) is 0.624. The first-order valence-electron chi connectivity index (χ1n) is 6.23. The summed E-state index contributed by atoms with van der Waals surface area (Å²) < 4.78 is 5.68. The molecule has 1 fully saturated rings. The summed E-state index contributed by atoms with van der Waals surface area (Å²) in [4.78, 5) is 14.6. The second kappa shape index (κ2) is 4.11. The van der Waals surface area contributed by atoms with Crippen LogP contribution in [0.3, 0.4) is 0 Å². The molecule has 4 heteroatoms. The van der Waals surface area contributed by atoms with E-state index in [0.717, 1.165) is 42.6 Å². The highest BCUT2D eigenvalue weighted by Crippen LogP contribution is 2.48. The van der Waals surface area contributed by atoms with Crippen molar-refractivity contribution in [3.63, 3.8) is 0 Å². The van der Waals surface area contributed by atoms with Crippen LogP contribution in [0.25, 0.3) is 0 Å². The summed E-state index contributed by atoms with van der Waals surface area (Å²) >= 11 is 6.26. The Labute approximate surface area is 111 Å². The highest BCUT2D eigenvalue weighted by atomic mass is 35.5. The van der Waals surface area contributed by atoms with Gasteiger partial charge < -0.3 is 4.74 Å². The minimum Gasteiger partial charge on any atom is -0.489 e. The van der Waals surface area contributed by atoms with E-state index < -0.39 is 0 Å². The quantitative estimate of drug-likeness (QED) is 0.606. The highest BCUT2D eigenvalue weighted by molar-refractivity contribution is 6.32. The predicted octanol–water partition coefficient (Wildman–Crippen LogP) is 3.38. The first-order valence-corrected chi connectivity index (χ1v) is 6.61. The Morgan fingerprint density at radius 2 is 2.28 bits per heavy atom. The number of hydrogen-bond acceptors (Lipinski definition) is 3. The number of aliphatic imine (C=N–C) groups is 1. The summed E-state index contributed by atoms with van der Waals surface area (Å²) in [5.74, 6) is 0.789. The molecule has 0 bridgehead atoms. The second-order valence-corrected chi connectivity index (χ2v) is 5.57. The van der Waals surface area contributed by atoms with Crippen molar-refractivity contribution in [2.24, 2.45) is 4.99 Å². The molecule has 1 aliphatic carbocycles. The maximum Gasteiger partial charge on any atom is 0.235 e. The van der Waals surface area contributed by atoms with E-state index >= 15 is 0 Å². The fraction of sp³-hybridized carbons (Fsp3) is 0.500. The molecule has 1 unspecified atom stereocenters. The molecular weight excluding hydrogens is 250 g/mol. The van der Waals surface area contributed by atoms with Gasteiger partial charge in [-0.25, -0.2) is 4.79 Å². The van der Waals surface area contributed by atoms with Crippen LogP contribution < -0.4 is 4.74 Å². The minimum absolute atomic E-state index is 0.166. The van der Waals surface area contributed by atoms with Crippen molar-refractivity contribution in [3.8, 4) is 5.75 Å². The molecular formula is C14H14ClNO2. The fourth-order valence-electron chi connectivity index (χ4n) is 2.82. The number of fused-ring (bicyclic) bond motifs is 1. The number of ether oxygens (including phenoxy) is 1. The predicted molar refractivity (Wildman–Crippen MR) is 68.9 cm³/mol. The van der Waals surface area contributed by atoms with Crippen molar-refractivity contribution in [1.29, 1.82) is 0 Å². The van der Waals surface area contributed by atoms with Crippen LogP contribution in [0.15, 0.2) is 17.1 Å². The molecule has 2 aliphatic rings. The lowest BCUT2D eigenvalue weighted by Crippen LogP contribution is -2.31. The molecule has 0 spiro atoms. The monoisotopic (exact) mass is 263 g/mol. The van der Waals surface area contributed by atoms with Crippen LogP contribution in [0.4, 0.5) is 0 Å². The number of nitrogens with zero attached hydrogens (tertiary/aromatic N) is 1. The first-order chi connectivity index (χ1) is 8.64. The topological polar surface area (TPSA) is 38.7 Å². The van der Waals surface area contributed by atoms with E-state index in [2.05, 4.69) is 11.1 Å². The van der Waals surface area contributed by atoms with E-state index in [-0.39, 0.29) is 11.6 Å². The molecule has 0 amide bonds. The van der Waals surface area contributed by atoms with Gasteiger partial charge in [0.1, 0.15) is 11.9 Å². The number of hydrogen-bond donors (Lipinski definition) is 0. The Balaban J connectivity index is 2.07. The minimum atomic E-state index is -0.383.